The first kappa shape index (κ1) is 14.8. The third-order valence-corrected chi connectivity index (χ3v) is 3.75. The Balaban J connectivity index is 1.88. The van der Waals surface area contributed by atoms with Crippen LogP contribution in [0.2, 0.25) is 0 Å². The minimum atomic E-state index is -0.240. The number of nitrogens with zero attached hydrogens (tertiary/aromatic N) is 1. The molecule has 1 fully saturated rings. The summed E-state index contributed by atoms with van der Waals surface area (Å²) in [6, 6.07) is 9.88. The minimum Gasteiger partial charge on any atom is -0.479 e. The van der Waals surface area contributed by atoms with Gasteiger partial charge in [0.1, 0.15) is 11.8 Å². The second kappa shape index (κ2) is 7.88. The van der Waals surface area contributed by atoms with Gasteiger partial charge in [-0.2, -0.15) is 5.26 Å². The van der Waals surface area contributed by atoms with Crippen LogP contribution in [0.25, 0.3) is 0 Å². The molecule has 0 aliphatic heterocycles. The van der Waals surface area contributed by atoms with Crippen molar-refractivity contribution in [1.29, 1.82) is 5.26 Å². The number of nitrogens with one attached hydrogen (secondary N) is 1. The van der Waals surface area contributed by atoms with E-state index < -0.39 is 0 Å². The molecule has 0 saturated heterocycles. The highest BCUT2D eigenvalue weighted by Crippen LogP contribution is 2.19. The quantitative estimate of drug-likeness (QED) is 0.809. The van der Waals surface area contributed by atoms with Crippen molar-refractivity contribution in [3.8, 4) is 11.8 Å². The smallest absolute Gasteiger partial charge is 0.174 e. The van der Waals surface area contributed by atoms with Crippen molar-refractivity contribution >= 4 is 0 Å². The number of aliphatic hydroxyl groups is 1. The van der Waals surface area contributed by atoms with Crippen molar-refractivity contribution in [2.45, 2.75) is 50.8 Å². The van der Waals surface area contributed by atoms with Crippen molar-refractivity contribution in [3.63, 3.8) is 0 Å². The summed E-state index contributed by atoms with van der Waals surface area (Å²) >= 11 is 0. The minimum absolute atomic E-state index is 0.0677. The van der Waals surface area contributed by atoms with Crippen LogP contribution in [0.15, 0.2) is 24.3 Å². The van der Waals surface area contributed by atoms with E-state index in [0.29, 0.717) is 12.3 Å². The molecule has 0 radical (unpaired) electrons. The van der Waals surface area contributed by atoms with Crippen LogP contribution in [0.4, 0.5) is 0 Å². The lowest BCUT2D eigenvalue weighted by atomic mass is 10.1. The first-order valence-corrected chi connectivity index (χ1v) is 7.30. The van der Waals surface area contributed by atoms with Crippen LogP contribution >= 0.6 is 0 Å². The average molecular weight is 274 g/mol. The van der Waals surface area contributed by atoms with E-state index in [2.05, 4.69) is 5.32 Å². The zero-order valence-corrected chi connectivity index (χ0v) is 11.7. The fourth-order valence-corrected chi connectivity index (χ4v) is 2.64. The highest BCUT2D eigenvalue weighted by molar-refractivity contribution is 5.28. The maximum absolute atomic E-state index is 10.1. The van der Waals surface area contributed by atoms with Crippen molar-refractivity contribution in [2.75, 3.05) is 6.61 Å². The van der Waals surface area contributed by atoms with E-state index in [1.54, 1.807) is 0 Å². The first-order chi connectivity index (χ1) is 9.79. The second-order valence-electron chi connectivity index (χ2n) is 5.29. The first-order valence-electron chi connectivity index (χ1n) is 7.30. The van der Waals surface area contributed by atoms with Gasteiger partial charge in [-0.1, -0.05) is 31.4 Å². The largest absolute Gasteiger partial charge is 0.479 e. The third-order valence-electron chi connectivity index (χ3n) is 3.75. The Labute approximate surface area is 120 Å². The number of nitriles is 1. The van der Waals surface area contributed by atoms with Gasteiger partial charge in [-0.05, 0) is 30.5 Å². The van der Waals surface area contributed by atoms with Crippen molar-refractivity contribution in [1.82, 2.24) is 5.32 Å². The van der Waals surface area contributed by atoms with E-state index in [0.717, 1.165) is 24.8 Å². The van der Waals surface area contributed by atoms with Crippen LogP contribution in [-0.2, 0) is 6.54 Å². The zero-order valence-electron chi connectivity index (χ0n) is 11.7. The zero-order chi connectivity index (χ0) is 14.2. The number of aliphatic hydroxyl groups excluding tert-OH is 1. The molecule has 1 aliphatic rings. The molecule has 2 N–H and O–H groups in total. The molecule has 0 spiro atoms. The van der Waals surface area contributed by atoms with Crippen molar-refractivity contribution in [2.24, 2.45) is 0 Å². The summed E-state index contributed by atoms with van der Waals surface area (Å²) in [7, 11) is 0. The lowest BCUT2D eigenvalue weighted by molar-refractivity contribution is 0.119. The lowest BCUT2D eigenvalue weighted by Gasteiger charge is -2.22. The van der Waals surface area contributed by atoms with E-state index in [9.17, 15) is 5.11 Å². The Morgan fingerprint density at radius 3 is 3.00 bits per heavy atom. The summed E-state index contributed by atoms with van der Waals surface area (Å²) in [4.78, 5) is 0. The van der Waals surface area contributed by atoms with E-state index in [-0.39, 0.29) is 18.8 Å². The fourth-order valence-electron chi connectivity index (χ4n) is 2.64. The van der Waals surface area contributed by atoms with Crippen LogP contribution in [0.5, 0.6) is 5.75 Å². The van der Waals surface area contributed by atoms with E-state index in [1.165, 1.54) is 12.8 Å². The van der Waals surface area contributed by atoms with Crippen molar-refractivity contribution < 1.29 is 9.84 Å². The lowest BCUT2D eigenvalue weighted by Crippen LogP contribution is -2.38. The maximum atomic E-state index is 10.1. The van der Waals surface area contributed by atoms with Gasteiger partial charge in [-0.15, -0.1) is 0 Å². The van der Waals surface area contributed by atoms with Crippen LogP contribution in [-0.4, -0.2) is 23.9 Å². The van der Waals surface area contributed by atoms with Gasteiger partial charge in [0.15, 0.2) is 6.61 Å². The predicted octanol–water partition coefficient (Wildman–Crippen LogP) is 2.37. The molecule has 4 nitrogen and oxygen atoms in total. The molecule has 2 atom stereocenters. The Morgan fingerprint density at radius 2 is 2.15 bits per heavy atom. The normalized spacial score (nSPS) is 22.8. The molecule has 1 aromatic carbocycles. The average Bonchev–Trinajstić information content (AvgIpc) is 2.68. The topological polar surface area (TPSA) is 65.3 Å². The summed E-state index contributed by atoms with van der Waals surface area (Å²) in [5.41, 5.74) is 1.11. The van der Waals surface area contributed by atoms with Crippen LogP contribution in [0.1, 0.15) is 37.7 Å². The predicted molar refractivity (Wildman–Crippen MR) is 77.3 cm³/mol. The SMILES string of the molecule is N#CCOc1cccc(CNC2CCCCCC2O)c1. The van der Waals surface area contributed by atoms with Gasteiger partial charge >= 0.3 is 0 Å². The fraction of sp³-hybridized carbons (Fsp3) is 0.562. The summed E-state index contributed by atoms with van der Waals surface area (Å²) in [6.45, 7) is 0.781. The monoisotopic (exact) mass is 274 g/mol. The number of ether oxygens (including phenoxy) is 1. The van der Waals surface area contributed by atoms with Crippen molar-refractivity contribution in [3.05, 3.63) is 29.8 Å². The third kappa shape index (κ3) is 4.52. The molecule has 20 heavy (non-hydrogen) atoms. The molecule has 2 rings (SSSR count). The molecule has 1 aliphatic carbocycles. The van der Waals surface area contributed by atoms with E-state index >= 15 is 0 Å². The van der Waals surface area contributed by atoms with Gasteiger partial charge in [0.25, 0.3) is 0 Å². The van der Waals surface area contributed by atoms with Crippen LogP contribution in [0, 0.1) is 11.3 Å². The Bertz CT molecular complexity index is 456. The van der Waals surface area contributed by atoms with Gasteiger partial charge in [0.05, 0.1) is 6.10 Å². The molecule has 108 valence electrons. The van der Waals surface area contributed by atoms with Gasteiger partial charge in [-0.3, -0.25) is 0 Å². The summed E-state index contributed by atoms with van der Waals surface area (Å²) < 4.78 is 5.29. The molecule has 0 heterocycles. The van der Waals surface area contributed by atoms with Crippen LogP contribution in [0.3, 0.4) is 0 Å². The highest BCUT2D eigenvalue weighted by Gasteiger charge is 2.20. The number of rotatable bonds is 5. The Hall–Kier alpha value is -1.57. The Morgan fingerprint density at radius 1 is 1.30 bits per heavy atom. The highest BCUT2D eigenvalue weighted by atomic mass is 16.5. The molecule has 1 saturated carbocycles. The molecule has 4 heteroatoms. The van der Waals surface area contributed by atoms with E-state index in [4.69, 9.17) is 10.00 Å². The van der Waals surface area contributed by atoms with Gasteiger partial charge in [-0.25, -0.2) is 0 Å². The molecular formula is C16H22N2O2. The molecule has 0 bridgehead atoms. The molecule has 0 aromatic heterocycles. The summed E-state index contributed by atoms with van der Waals surface area (Å²) in [5, 5.41) is 22.0. The second-order valence-corrected chi connectivity index (χ2v) is 5.29. The number of benzene rings is 1. The van der Waals surface area contributed by atoms with Gasteiger partial charge in [0, 0.05) is 12.6 Å². The number of hydrogen-bond acceptors (Lipinski definition) is 4. The number of hydrogen-bond donors (Lipinski definition) is 2. The van der Waals surface area contributed by atoms with Gasteiger partial charge in [0.2, 0.25) is 0 Å². The summed E-state index contributed by atoms with van der Waals surface area (Å²) in [5.74, 6) is 0.715. The summed E-state index contributed by atoms with van der Waals surface area (Å²) in [6.07, 6.45) is 5.20. The maximum Gasteiger partial charge on any atom is 0.174 e. The molecule has 1 aromatic rings. The van der Waals surface area contributed by atoms with Crippen LogP contribution < -0.4 is 10.1 Å². The molecular weight excluding hydrogens is 252 g/mol. The molecule has 0 amide bonds. The Kier molecular flexibility index (Phi) is 5.85. The van der Waals surface area contributed by atoms with Gasteiger partial charge < -0.3 is 15.2 Å². The van der Waals surface area contributed by atoms with E-state index in [1.807, 2.05) is 30.3 Å². The molecule has 2 unspecified atom stereocenters. The standard InChI is InChI=1S/C16H22N2O2/c17-9-10-20-14-6-4-5-13(11-14)12-18-15-7-2-1-3-8-16(15)19/h4-6,11,15-16,18-19H,1-3,7-8,10,12H2.